The van der Waals surface area contributed by atoms with Crippen LogP contribution in [0.3, 0.4) is 0 Å². The normalized spacial score (nSPS) is 10.8. The Morgan fingerprint density at radius 2 is 2.44 bits per heavy atom. The number of imidazole rings is 1. The first-order valence-electron chi connectivity index (χ1n) is 4.92. The predicted molar refractivity (Wildman–Crippen MR) is 70.3 cm³/mol. The minimum absolute atomic E-state index is 0.849. The minimum Gasteiger partial charge on any atom is -0.340 e. The largest absolute Gasteiger partial charge is 0.340 e. The molecule has 0 fully saturated rings. The molecule has 6 heteroatoms. The van der Waals surface area contributed by atoms with Crippen molar-refractivity contribution < 1.29 is 0 Å². The lowest BCUT2D eigenvalue weighted by atomic mass is 10.4. The van der Waals surface area contributed by atoms with Crippen LogP contribution in [0.4, 0.5) is 0 Å². The molecule has 3 nitrogen and oxygen atoms in total. The van der Waals surface area contributed by atoms with Gasteiger partial charge in [-0.1, -0.05) is 23.4 Å². The number of halogens is 1. The van der Waals surface area contributed by atoms with Crippen LogP contribution in [0.25, 0.3) is 0 Å². The molecule has 2 heterocycles. The Kier molecular flexibility index (Phi) is 4.71. The highest BCUT2D eigenvalue weighted by molar-refractivity contribution is 7.99. The zero-order valence-corrected chi connectivity index (χ0v) is 11.0. The van der Waals surface area contributed by atoms with Crippen LogP contribution in [-0.4, -0.2) is 22.3 Å². The van der Waals surface area contributed by atoms with Gasteiger partial charge in [-0.2, -0.15) is 0 Å². The maximum absolute atomic E-state index is 5.84. The maximum Gasteiger partial charge on any atom is 0.165 e. The second-order valence-electron chi connectivity index (χ2n) is 3.13. The van der Waals surface area contributed by atoms with Gasteiger partial charge >= 0.3 is 0 Å². The summed E-state index contributed by atoms with van der Waals surface area (Å²) in [6, 6.07) is 3.99. The summed E-state index contributed by atoms with van der Waals surface area (Å²) in [4.78, 5) is 8.47. The topological polar surface area (TPSA) is 40.7 Å². The van der Waals surface area contributed by atoms with Gasteiger partial charge in [0.05, 0.1) is 4.34 Å². The average Bonchev–Trinajstić information content (AvgIpc) is 2.89. The third-order valence-electron chi connectivity index (χ3n) is 1.92. The summed E-state index contributed by atoms with van der Waals surface area (Å²) in [5.41, 5.74) is 0. The molecule has 0 spiro atoms. The molecule has 0 bridgehead atoms. The Hall–Kier alpha value is -0.490. The van der Waals surface area contributed by atoms with Gasteiger partial charge in [-0.25, -0.2) is 4.98 Å². The molecule has 86 valence electrons. The van der Waals surface area contributed by atoms with Gasteiger partial charge in [-0.3, -0.25) is 0 Å². The number of aromatic nitrogens is 2. The fourth-order valence-electron chi connectivity index (χ4n) is 1.21. The Bertz CT molecular complexity index is 413. The third-order valence-corrected chi connectivity index (χ3v) is 4.05. The van der Waals surface area contributed by atoms with E-state index in [-0.39, 0.29) is 0 Å². The fraction of sp³-hybridized carbons (Fsp3) is 0.300. The summed E-state index contributed by atoms with van der Waals surface area (Å²) in [6.07, 6.45) is 3.60. The molecule has 0 aliphatic heterocycles. The number of aromatic amines is 1. The van der Waals surface area contributed by atoms with Crippen molar-refractivity contribution in [1.29, 1.82) is 0 Å². The van der Waals surface area contributed by atoms with E-state index in [2.05, 4.69) is 21.4 Å². The summed E-state index contributed by atoms with van der Waals surface area (Å²) in [5, 5.41) is 4.34. The van der Waals surface area contributed by atoms with Crippen LogP contribution in [0, 0.1) is 0 Å². The van der Waals surface area contributed by atoms with Crippen molar-refractivity contribution in [3.63, 3.8) is 0 Å². The van der Waals surface area contributed by atoms with E-state index in [0.29, 0.717) is 0 Å². The summed E-state index contributed by atoms with van der Waals surface area (Å²) >= 11 is 9.18. The first kappa shape index (κ1) is 12.0. The summed E-state index contributed by atoms with van der Waals surface area (Å²) in [5.74, 6) is 1.01. The van der Waals surface area contributed by atoms with Crippen molar-refractivity contribution in [2.75, 3.05) is 12.3 Å². The van der Waals surface area contributed by atoms with Crippen LogP contribution < -0.4 is 5.32 Å². The van der Waals surface area contributed by atoms with E-state index in [1.54, 1.807) is 29.3 Å². The van der Waals surface area contributed by atoms with Crippen molar-refractivity contribution in [2.24, 2.45) is 0 Å². The highest BCUT2D eigenvalue weighted by Crippen LogP contribution is 2.21. The molecule has 0 saturated carbocycles. The molecule has 0 aromatic carbocycles. The molecule has 2 aromatic rings. The monoisotopic (exact) mass is 273 g/mol. The number of H-pyrrole nitrogens is 1. The molecular weight excluding hydrogens is 262 g/mol. The Morgan fingerprint density at radius 1 is 1.50 bits per heavy atom. The van der Waals surface area contributed by atoms with Gasteiger partial charge in [0, 0.05) is 36.1 Å². The lowest BCUT2D eigenvalue weighted by Crippen LogP contribution is -2.15. The quantitative estimate of drug-likeness (QED) is 0.628. The van der Waals surface area contributed by atoms with Crippen molar-refractivity contribution in [3.05, 3.63) is 33.7 Å². The van der Waals surface area contributed by atoms with Crippen LogP contribution in [0.2, 0.25) is 4.34 Å². The summed E-state index contributed by atoms with van der Waals surface area (Å²) in [6.45, 7) is 1.84. The van der Waals surface area contributed by atoms with E-state index in [0.717, 1.165) is 28.3 Å². The number of thioether (sulfide) groups is 1. The van der Waals surface area contributed by atoms with E-state index >= 15 is 0 Å². The molecule has 0 unspecified atom stereocenters. The van der Waals surface area contributed by atoms with E-state index in [9.17, 15) is 0 Å². The highest BCUT2D eigenvalue weighted by Gasteiger charge is 1.98. The highest BCUT2D eigenvalue weighted by atomic mass is 35.5. The van der Waals surface area contributed by atoms with Crippen LogP contribution in [-0.2, 0) is 6.54 Å². The van der Waals surface area contributed by atoms with Gasteiger partial charge in [0.2, 0.25) is 0 Å². The number of thiophene rings is 1. The van der Waals surface area contributed by atoms with Gasteiger partial charge < -0.3 is 10.3 Å². The molecular formula is C10H12ClN3S2. The van der Waals surface area contributed by atoms with Gasteiger partial charge in [-0.05, 0) is 12.1 Å². The SMILES string of the molecule is Clc1ccc(CNCCSc2ncc[nH]2)s1. The Morgan fingerprint density at radius 3 is 3.12 bits per heavy atom. The van der Waals surface area contributed by atoms with Gasteiger partial charge in [0.25, 0.3) is 0 Å². The molecule has 0 aliphatic rings. The standard InChI is InChI=1S/C10H12ClN3S2/c11-9-2-1-8(16-9)7-12-5-6-15-10-13-3-4-14-10/h1-4,12H,5-7H2,(H,13,14). The number of nitrogens with one attached hydrogen (secondary N) is 2. The first-order valence-corrected chi connectivity index (χ1v) is 7.10. The second kappa shape index (κ2) is 6.30. The lowest BCUT2D eigenvalue weighted by Gasteiger charge is -2.01. The summed E-state index contributed by atoms with van der Waals surface area (Å²) < 4.78 is 0.849. The molecule has 0 aliphatic carbocycles. The van der Waals surface area contributed by atoms with Crippen LogP contribution in [0.1, 0.15) is 4.88 Å². The molecule has 2 rings (SSSR count). The van der Waals surface area contributed by atoms with Crippen LogP contribution in [0.5, 0.6) is 0 Å². The van der Waals surface area contributed by atoms with Crippen molar-refractivity contribution in [3.8, 4) is 0 Å². The number of nitrogens with zero attached hydrogens (tertiary/aromatic N) is 1. The number of hydrogen-bond acceptors (Lipinski definition) is 4. The fourth-order valence-corrected chi connectivity index (χ4v) is 2.99. The van der Waals surface area contributed by atoms with Gasteiger partial charge in [0.1, 0.15) is 0 Å². The predicted octanol–water partition coefficient (Wildman–Crippen LogP) is 3.01. The van der Waals surface area contributed by atoms with Gasteiger partial charge in [0.15, 0.2) is 5.16 Å². The number of rotatable bonds is 6. The molecule has 0 radical (unpaired) electrons. The Balaban J connectivity index is 1.59. The minimum atomic E-state index is 0.849. The van der Waals surface area contributed by atoms with Crippen molar-refractivity contribution >= 4 is 34.7 Å². The molecule has 0 atom stereocenters. The Labute approximate surface area is 108 Å². The van der Waals surface area contributed by atoms with Crippen LogP contribution in [0.15, 0.2) is 29.7 Å². The molecule has 2 N–H and O–H groups in total. The van der Waals surface area contributed by atoms with E-state index in [1.165, 1.54) is 4.88 Å². The second-order valence-corrected chi connectivity index (χ2v) is 6.01. The van der Waals surface area contributed by atoms with E-state index in [1.807, 2.05) is 12.3 Å². The first-order chi connectivity index (χ1) is 7.84. The lowest BCUT2D eigenvalue weighted by molar-refractivity contribution is 0.740. The third kappa shape index (κ3) is 3.83. The zero-order chi connectivity index (χ0) is 11.2. The maximum atomic E-state index is 5.84. The van der Waals surface area contributed by atoms with Crippen molar-refractivity contribution in [2.45, 2.75) is 11.7 Å². The van der Waals surface area contributed by atoms with E-state index < -0.39 is 0 Å². The summed E-state index contributed by atoms with van der Waals surface area (Å²) in [7, 11) is 0. The molecule has 0 saturated heterocycles. The average molecular weight is 274 g/mol. The number of hydrogen-bond donors (Lipinski definition) is 2. The van der Waals surface area contributed by atoms with E-state index in [4.69, 9.17) is 11.6 Å². The van der Waals surface area contributed by atoms with Crippen LogP contribution >= 0.6 is 34.7 Å². The zero-order valence-electron chi connectivity index (χ0n) is 8.57. The van der Waals surface area contributed by atoms with Crippen molar-refractivity contribution in [1.82, 2.24) is 15.3 Å². The molecule has 16 heavy (non-hydrogen) atoms. The smallest absolute Gasteiger partial charge is 0.165 e. The van der Waals surface area contributed by atoms with Gasteiger partial charge in [-0.15, -0.1) is 11.3 Å². The molecule has 2 aromatic heterocycles. The molecule has 0 amide bonds.